The Hall–Kier alpha value is -2.40. The van der Waals surface area contributed by atoms with Gasteiger partial charge in [-0.2, -0.15) is 0 Å². The van der Waals surface area contributed by atoms with E-state index in [0.29, 0.717) is 5.56 Å². The number of nitrogens with one attached hydrogen (secondary N) is 1. The van der Waals surface area contributed by atoms with Gasteiger partial charge in [0.2, 0.25) is 0 Å². The second-order valence-electron chi connectivity index (χ2n) is 5.49. The van der Waals surface area contributed by atoms with E-state index in [-0.39, 0.29) is 24.5 Å². The number of likely N-dealkylation sites (N-methyl/N-ethyl adjacent to an activating group) is 1. The Balaban J connectivity index is 2.30. The van der Waals surface area contributed by atoms with Gasteiger partial charge in [-0.1, -0.05) is 42.5 Å². The number of amides is 2. The van der Waals surface area contributed by atoms with Crippen molar-refractivity contribution in [1.82, 2.24) is 10.2 Å². The van der Waals surface area contributed by atoms with E-state index in [1.165, 1.54) is 17.0 Å². The molecule has 0 aromatic heterocycles. The molecule has 2 atom stereocenters. The summed E-state index contributed by atoms with van der Waals surface area (Å²) in [6.07, 6.45) is 0. The van der Waals surface area contributed by atoms with Crippen molar-refractivity contribution in [3.63, 3.8) is 0 Å². The topological polar surface area (TPSA) is 52.6 Å². The number of hydrogen-bond donors (Lipinski definition) is 2. The molecule has 2 aromatic rings. The average Bonchev–Trinajstić information content (AvgIpc) is 2.58. The molecule has 0 aliphatic carbocycles. The number of carbonyl (C=O) groups is 1. The molecule has 0 fully saturated rings. The lowest BCUT2D eigenvalue weighted by molar-refractivity contribution is 0.156. The number of rotatable bonds is 5. The van der Waals surface area contributed by atoms with Crippen molar-refractivity contribution < 1.29 is 14.3 Å². The first-order valence-corrected chi connectivity index (χ1v) is 7.47. The molecule has 0 aliphatic rings. The van der Waals surface area contributed by atoms with Crippen molar-refractivity contribution in [1.29, 1.82) is 0 Å². The third-order valence-electron chi connectivity index (χ3n) is 3.83. The van der Waals surface area contributed by atoms with Gasteiger partial charge in [-0.3, -0.25) is 0 Å². The second-order valence-corrected chi connectivity index (χ2v) is 5.49. The Labute approximate surface area is 135 Å². The summed E-state index contributed by atoms with van der Waals surface area (Å²) >= 11 is 0. The van der Waals surface area contributed by atoms with Gasteiger partial charge in [0.15, 0.2) is 0 Å². The highest BCUT2D eigenvalue weighted by molar-refractivity contribution is 5.75. The third kappa shape index (κ3) is 4.29. The summed E-state index contributed by atoms with van der Waals surface area (Å²) in [7, 11) is 1.61. The van der Waals surface area contributed by atoms with Gasteiger partial charge in [0.1, 0.15) is 5.82 Å². The van der Waals surface area contributed by atoms with Crippen LogP contribution >= 0.6 is 0 Å². The fourth-order valence-electron chi connectivity index (χ4n) is 2.24. The maximum Gasteiger partial charge on any atom is 0.318 e. The first-order chi connectivity index (χ1) is 11.0. The molecule has 0 aliphatic heterocycles. The molecule has 0 saturated heterocycles. The van der Waals surface area contributed by atoms with Gasteiger partial charge < -0.3 is 15.3 Å². The van der Waals surface area contributed by atoms with Crippen LogP contribution in [0.25, 0.3) is 0 Å². The van der Waals surface area contributed by atoms with Gasteiger partial charge in [-0.25, -0.2) is 9.18 Å². The number of benzene rings is 2. The van der Waals surface area contributed by atoms with Gasteiger partial charge in [-0.15, -0.1) is 0 Å². The van der Waals surface area contributed by atoms with Crippen LogP contribution in [0.2, 0.25) is 0 Å². The van der Waals surface area contributed by atoms with Gasteiger partial charge in [-0.05, 0) is 30.2 Å². The summed E-state index contributed by atoms with van der Waals surface area (Å²) < 4.78 is 13.6. The lowest BCUT2D eigenvalue weighted by Gasteiger charge is -2.27. The smallest absolute Gasteiger partial charge is 0.318 e. The number of halogens is 1. The number of nitrogens with zero attached hydrogens (tertiary/aromatic N) is 1. The first kappa shape index (κ1) is 17.0. The summed E-state index contributed by atoms with van der Waals surface area (Å²) in [5.74, 6) is -0.352. The normalized spacial score (nSPS) is 13.2. The molecular formula is C18H21FN2O2. The monoisotopic (exact) mass is 316 g/mol. The summed E-state index contributed by atoms with van der Waals surface area (Å²) in [5, 5.41) is 12.1. The molecule has 2 aromatic carbocycles. The number of aliphatic hydroxyl groups excluding tert-OH is 1. The van der Waals surface area contributed by atoms with Crippen molar-refractivity contribution in [2.75, 3.05) is 13.7 Å². The SMILES string of the molecule is CC(CO)N(C)C(=O)NC(c1ccccc1)c1cccc(F)c1. The summed E-state index contributed by atoms with van der Waals surface area (Å²) in [4.78, 5) is 13.8. The van der Waals surface area contributed by atoms with Crippen molar-refractivity contribution in [2.45, 2.75) is 19.0 Å². The minimum atomic E-state index is -0.465. The molecule has 23 heavy (non-hydrogen) atoms. The molecule has 122 valence electrons. The van der Waals surface area contributed by atoms with Crippen LogP contribution in [0.15, 0.2) is 54.6 Å². The summed E-state index contributed by atoms with van der Waals surface area (Å²) in [5.41, 5.74) is 1.52. The van der Waals surface area contributed by atoms with Crippen molar-refractivity contribution in [3.05, 3.63) is 71.5 Å². The highest BCUT2D eigenvalue weighted by Crippen LogP contribution is 2.23. The lowest BCUT2D eigenvalue weighted by atomic mass is 9.99. The van der Waals surface area contributed by atoms with E-state index in [9.17, 15) is 14.3 Å². The zero-order valence-electron chi connectivity index (χ0n) is 13.2. The number of hydrogen-bond acceptors (Lipinski definition) is 2. The summed E-state index contributed by atoms with van der Waals surface area (Å²) in [6.45, 7) is 1.62. The van der Waals surface area contributed by atoms with E-state index >= 15 is 0 Å². The molecule has 0 spiro atoms. The van der Waals surface area contributed by atoms with Crippen LogP contribution in [0.3, 0.4) is 0 Å². The molecule has 0 bridgehead atoms. The Morgan fingerprint density at radius 3 is 2.43 bits per heavy atom. The standard InChI is InChI=1S/C18H21FN2O2/c1-13(12-22)21(2)18(23)20-17(14-7-4-3-5-8-14)15-9-6-10-16(19)11-15/h3-11,13,17,22H,12H2,1-2H3,(H,20,23). The lowest BCUT2D eigenvalue weighted by Crippen LogP contribution is -2.45. The van der Waals surface area contributed by atoms with Gasteiger partial charge >= 0.3 is 6.03 Å². The van der Waals surface area contributed by atoms with Gasteiger partial charge in [0.25, 0.3) is 0 Å². The predicted molar refractivity (Wildman–Crippen MR) is 87.5 cm³/mol. The van der Waals surface area contributed by atoms with Crippen LogP contribution in [0.1, 0.15) is 24.1 Å². The van der Waals surface area contributed by atoms with Gasteiger partial charge in [0, 0.05) is 7.05 Å². The number of aliphatic hydroxyl groups is 1. The molecule has 0 radical (unpaired) electrons. The van der Waals surface area contributed by atoms with E-state index in [0.717, 1.165) is 5.56 Å². The number of urea groups is 1. The molecular weight excluding hydrogens is 295 g/mol. The minimum Gasteiger partial charge on any atom is -0.394 e. The summed E-state index contributed by atoms with van der Waals surface area (Å²) in [6, 6.07) is 14.5. The van der Waals surface area contributed by atoms with E-state index in [1.54, 1.807) is 26.1 Å². The highest BCUT2D eigenvalue weighted by Gasteiger charge is 2.21. The fraction of sp³-hybridized carbons (Fsp3) is 0.278. The molecule has 0 saturated carbocycles. The molecule has 2 unspecified atom stereocenters. The Kier molecular flexibility index (Phi) is 5.71. The minimum absolute atomic E-state index is 0.125. The Morgan fingerprint density at radius 1 is 1.17 bits per heavy atom. The largest absolute Gasteiger partial charge is 0.394 e. The molecule has 5 heteroatoms. The van der Waals surface area contributed by atoms with Crippen LogP contribution in [-0.2, 0) is 0 Å². The van der Waals surface area contributed by atoms with E-state index < -0.39 is 6.04 Å². The van der Waals surface area contributed by atoms with Gasteiger partial charge in [0.05, 0.1) is 18.7 Å². The van der Waals surface area contributed by atoms with Crippen LogP contribution in [0, 0.1) is 5.82 Å². The Bertz CT molecular complexity index is 648. The van der Waals surface area contributed by atoms with Crippen LogP contribution < -0.4 is 5.32 Å². The maximum atomic E-state index is 13.6. The Morgan fingerprint density at radius 2 is 1.83 bits per heavy atom. The molecule has 0 heterocycles. The molecule has 4 nitrogen and oxygen atoms in total. The number of carbonyl (C=O) groups excluding carboxylic acids is 1. The average molecular weight is 316 g/mol. The second kappa shape index (κ2) is 7.74. The zero-order valence-corrected chi connectivity index (χ0v) is 13.2. The van der Waals surface area contributed by atoms with Crippen molar-refractivity contribution in [3.8, 4) is 0 Å². The van der Waals surface area contributed by atoms with E-state index in [4.69, 9.17) is 0 Å². The van der Waals surface area contributed by atoms with Crippen molar-refractivity contribution >= 4 is 6.03 Å². The van der Waals surface area contributed by atoms with Crippen LogP contribution in [0.4, 0.5) is 9.18 Å². The van der Waals surface area contributed by atoms with Crippen LogP contribution in [0.5, 0.6) is 0 Å². The molecule has 2 rings (SSSR count). The maximum absolute atomic E-state index is 13.6. The quantitative estimate of drug-likeness (QED) is 0.891. The predicted octanol–water partition coefficient (Wildman–Crippen LogP) is 2.94. The van der Waals surface area contributed by atoms with E-state index in [2.05, 4.69) is 5.32 Å². The van der Waals surface area contributed by atoms with E-state index in [1.807, 2.05) is 30.3 Å². The first-order valence-electron chi connectivity index (χ1n) is 7.47. The van der Waals surface area contributed by atoms with Crippen LogP contribution in [-0.4, -0.2) is 35.7 Å². The molecule has 2 N–H and O–H groups in total. The zero-order chi connectivity index (χ0) is 16.8. The fourth-order valence-corrected chi connectivity index (χ4v) is 2.24. The highest BCUT2D eigenvalue weighted by atomic mass is 19.1. The molecule has 2 amide bonds. The third-order valence-corrected chi connectivity index (χ3v) is 3.83. The van der Waals surface area contributed by atoms with Crippen molar-refractivity contribution in [2.24, 2.45) is 0 Å².